The van der Waals surface area contributed by atoms with Crippen LogP contribution in [-0.2, 0) is 0 Å². The summed E-state index contributed by atoms with van der Waals surface area (Å²) in [6, 6.07) is 10.7. The van der Waals surface area contributed by atoms with Crippen molar-refractivity contribution in [3.8, 4) is 11.5 Å². The van der Waals surface area contributed by atoms with Crippen LogP contribution in [-0.4, -0.2) is 37.1 Å². The largest absolute Gasteiger partial charge is 0.490 e. The van der Waals surface area contributed by atoms with Crippen molar-refractivity contribution >= 4 is 43.7 Å². The highest BCUT2D eigenvalue weighted by Crippen LogP contribution is 2.28. The maximum atomic E-state index is 12.3. The molecule has 0 aromatic heterocycles. The van der Waals surface area contributed by atoms with E-state index in [9.17, 15) is 9.59 Å². The topological polar surface area (TPSA) is 76.7 Å². The Bertz CT molecular complexity index is 886. The highest BCUT2D eigenvalue weighted by atomic mass is 79.9. The minimum absolute atomic E-state index is 0.0719. The maximum Gasteiger partial charge on any atom is 0.251 e. The standard InChI is InChI=1S/C26H34Br2N2O4/c1-17(2)33-23-11-9-19(15-21(23)27)25(31)29-13-7-5-6-8-14-30-26(32)20-10-12-24(22(28)16-20)34-18(3)4/h9-12,15-18H,5-8,13-14H2,1-4H3,(H,29,31)(H,30,32). The molecule has 0 fully saturated rings. The van der Waals surface area contributed by atoms with E-state index >= 15 is 0 Å². The molecule has 0 spiro atoms. The van der Waals surface area contributed by atoms with Gasteiger partial charge in [0, 0.05) is 24.2 Å². The van der Waals surface area contributed by atoms with Gasteiger partial charge in [-0.2, -0.15) is 0 Å². The molecule has 186 valence electrons. The molecule has 6 nitrogen and oxygen atoms in total. The molecule has 0 radical (unpaired) electrons. The monoisotopic (exact) mass is 596 g/mol. The molecule has 8 heteroatoms. The summed E-state index contributed by atoms with van der Waals surface area (Å²) in [4.78, 5) is 24.7. The highest BCUT2D eigenvalue weighted by molar-refractivity contribution is 9.10. The molecule has 0 saturated carbocycles. The van der Waals surface area contributed by atoms with Crippen LogP contribution in [0.3, 0.4) is 0 Å². The molecule has 0 aliphatic carbocycles. The molecule has 0 atom stereocenters. The van der Waals surface area contributed by atoms with Gasteiger partial charge < -0.3 is 20.1 Å². The first-order chi connectivity index (χ1) is 16.2. The molecule has 0 saturated heterocycles. The number of benzene rings is 2. The molecule has 0 bridgehead atoms. The van der Waals surface area contributed by atoms with Crippen LogP contribution in [0.25, 0.3) is 0 Å². The number of hydrogen-bond acceptors (Lipinski definition) is 4. The number of carbonyl (C=O) groups is 2. The molecule has 0 unspecified atom stereocenters. The van der Waals surface area contributed by atoms with Crippen LogP contribution < -0.4 is 20.1 Å². The van der Waals surface area contributed by atoms with Crippen molar-refractivity contribution in [2.75, 3.05) is 13.1 Å². The van der Waals surface area contributed by atoms with E-state index in [-0.39, 0.29) is 24.0 Å². The van der Waals surface area contributed by atoms with Gasteiger partial charge in [0.15, 0.2) is 0 Å². The summed E-state index contributed by atoms with van der Waals surface area (Å²) >= 11 is 6.92. The number of hydrogen-bond donors (Lipinski definition) is 2. The molecular weight excluding hydrogens is 564 g/mol. The Morgan fingerprint density at radius 3 is 1.41 bits per heavy atom. The lowest BCUT2D eigenvalue weighted by Gasteiger charge is -2.13. The van der Waals surface area contributed by atoms with Gasteiger partial charge in [-0.15, -0.1) is 0 Å². The summed E-state index contributed by atoms with van der Waals surface area (Å²) in [6.45, 7) is 9.08. The molecule has 2 N–H and O–H groups in total. The second-order valence-corrected chi connectivity index (χ2v) is 10.3. The molecule has 2 aromatic carbocycles. The summed E-state index contributed by atoms with van der Waals surface area (Å²) in [5, 5.41) is 5.91. The predicted molar refractivity (Wildman–Crippen MR) is 143 cm³/mol. The molecule has 2 rings (SSSR count). The van der Waals surface area contributed by atoms with E-state index < -0.39 is 0 Å². The summed E-state index contributed by atoms with van der Waals surface area (Å²) in [5.74, 6) is 1.26. The average Bonchev–Trinajstić information content (AvgIpc) is 2.77. The molecule has 0 aliphatic rings. The van der Waals surface area contributed by atoms with Gasteiger partial charge in [0.1, 0.15) is 11.5 Å². The van der Waals surface area contributed by atoms with E-state index in [0.717, 1.165) is 46.1 Å². The molecule has 2 amide bonds. The summed E-state index contributed by atoms with van der Waals surface area (Å²) in [7, 11) is 0. The lowest BCUT2D eigenvalue weighted by atomic mass is 10.1. The molecule has 0 heterocycles. The predicted octanol–water partition coefficient (Wildman–Crippen LogP) is 6.51. The van der Waals surface area contributed by atoms with E-state index in [1.807, 2.05) is 27.7 Å². The third kappa shape index (κ3) is 9.66. The number of rotatable bonds is 13. The third-order valence-electron chi connectivity index (χ3n) is 4.79. The first-order valence-corrected chi connectivity index (χ1v) is 13.2. The van der Waals surface area contributed by atoms with Crippen LogP contribution in [0, 0.1) is 0 Å². The van der Waals surface area contributed by atoms with Crippen LogP contribution in [0.1, 0.15) is 74.1 Å². The minimum atomic E-state index is -0.0972. The van der Waals surface area contributed by atoms with Crippen molar-refractivity contribution in [1.29, 1.82) is 0 Å². The molecule has 0 aliphatic heterocycles. The SMILES string of the molecule is CC(C)Oc1ccc(C(=O)NCCCCCCNC(=O)c2ccc(OC(C)C)c(Br)c2)cc1Br. The zero-order valence-corrected chi connectivity index (χ0v) is 23.4. The molecule has 34 heavy (non-hydrogen) atoms. The molecular formula is C26H34Br2N2O4. The van der Waals surface area contributed by atoms with Gasteiger partial charge in [-0.25, -0.2) is 0 Å². The van der Waals surface area contributed by atoms with Gasteiger partial charge in [0.2, 0.25) is 0 Å². The van der Waals surface area contributed by atoms with Crippen molar-refractivity contribution in [2.24, 2.45) is 0 Å². The number of unbranched alkanes of at least 4 members (excludes halogenated alkanes) is 3. The fourth-order valence-electron chi connectivity index (χ4n) is 3.19. The molecule has 2 aromatic rings. The van der Waals surface area contributed by atoms with E-state index in [2.05, 4.69) is 42.5 Å². The van der Waals surface area contributed by atoms with Gasteiger partial charge in [0.05, 0.1) is 21.2 Å². The average molecular weight is 598 g/mol. The van der Waals surface area contributed by atoms with Crippen LogP contribution >= 0.6 is 31.9 Å². The van der Waals surface area contributed by atoms with Crippen LogP contribution in [0.4, 0.5) is 0 Å². The zero-order chi connectivity index (χ0) is 25.1. The van der Waals surface area contributed by atoms with Crippen LogP contribution in [0.2, 0.25) is 0 Å². The van der Waals surface area contributed by atoms with Crippen LogP contribution in [0.15, 0.2) is 45.3 Å². The van der Waals surface area contributed by atoms with E-state index in [0.29, 0.717) is 24.2 Å². The van der Waals surface area contributed by atoms with Crippen molar-refractivity contribution in [3.63, 3.8) is 0 Å². The van der Waals surface area contributed by atoms with E-state index in [1.165, 1.54) is 0 Å². The fourth-order valence-corrected chi connectivity index (χ4v) is 4.14. The lowest BCUT2D eigenvalue weighted by molar-refractivity contribution is 0.0943. The smallest absolute Gasteiger partial charge is 0.251 e. The number of carbonyl (C=O) groups excluding carboxylic acids is 2. The Morgan fingerprint density at radius 2 is 1.09 bits per heavy atom. The van der Waals surface area contributed by atoms with Gasteiger partial charge in [-0.3, -0.25) is 9.59 Å². The van der Waals surface area contributed by atoms with Gasteiger partial charge in [-0.1, -0.05) is 12.8 Å². The normalized spacial score (nSPS) is 10.9. The third-order valence-corrected chi connectivity index (χ3v) is 6.03. The quantitative estimate of drug-likeness (QED) is 0.258. The second-order valence-electron chi connectivity index (χ2n) is 8.55. The van der Waals surface area contributed by atoms with Crippen molar-refractivity contribution in [1.82, 2.24) is 10.6 Å². The van der Waals surface area contributed by atoms with E-state index in [4.69, 9.17) is 9.47 Å². The Balaban J connectivity index is 1.61. The summed E-state index contributed by atoms with van der Waals surface area (Å²) in [5.41, 5.74) is 1.20. The first-order valence-electron chi connectivity index (χ1n) is 11.7. The minimum Gasteiger partial charge on any atom is -0.490 e. The number of halogens is 2. The van der Waals surface area contributed by atoms with Crippen molar-refractivity contribution in [3.05, 3.63) is 56.5 Å². The summed E-state index contributed by atoms with van der Waals surface area (Å²) < 4.78 is 12.9. The Kier molecular flexibility index (Phi) is 11.9. The zero-order valence-electron chi connectivity index (χ0n) is 20.3. The van der Waals surface area contributed by atoms with Crippen molar-refractivity contribution < 1.29 is 19.1 Å². The van der Waals surface area contributed by atoms with Gasteiger partial charge in [0.25, 0.3) is 11.8 Å². The second kappa shape index (κ2) is 14.4. The maximum absolute atomic E-state index is 12.3. The lowest BCUT2D eigenvalue weighted by Crippen LogP contribution is -2.25. The Morgan fingerprint density at radius 1 is 0.706 bits per heavy atom. The van der Waals surface area contributed by atoms with Crippen molar-refractivity contribution in [2.45, 2.75) is 65.6 Å². The highest BCUT2D eigenvalue weighted by Gasteiger charge is 2.11. The first kappa shape index (κ1) is 28.2. The van der Waals surface area contributed by atoms with E-state index in [1.54, 1.807) is 36.4 Å². The number of nitrogens with one attached hydrogen (secondary N) is 2. The number of amides is 2. The Labute approximate surface area is 219 Å². The number of ether oxygens (including phenoxy) is 2. The van der Waals surface area contributed by atoms with Gasteiger partial charge in [-0.05, 0) is 109 Å². The summed E-state index contributed by atoms with van der Waals surface area (Å²) in [6.07, 6.45) is 3.88. The Hall–Kier alpha value is -2.06. The van der Waals surface area contributed by atoms with Crippen LogP contribution in [0.5, 0.6) is 11.5 Å². The fraction of sp³-hybridized carbons (Fsp3) is 0.462. The van der Waals surface area contributed by atoms with Gasteiger partial charge >= 0.3 is 0 Å².